The van der Waals surface area contributed by atoms with Gasteiger partial charge in [-0.25, -0.2) is 9.97 Å². The molecule has 3 rings (SSSR count). The Morgan fingerprint density at radius 1 is 1.50 bits per heavy atom. The van der Waals surface area contributed by atoms with Gasteiger partial charge in [-0.3, -0.25) is 5.32 Å². The van der Waals surface area contributed by atoms with E-state index in [0.29, 0.717) is 12.6 Å². The number of hydrogen-bond acceptors (Lipinski definition) is 5. The number of hydrogen-bond donors (Lipinski definition) is 1. The second-order valence-electron chi connectivity index (χ2n) is 4.89. The van der Waals surface area contributed by atoms with E-state index in [1.807, 2.05) is 13.8 Å². The summed E-state index contributed by atoms with van der Waals surface area (Å²) in [4.78, 5) is 8.81. The molecule has 0 spiro atoms. The first kappa shape index (κ1) is 11.9. The molecule has 1 atom stereocenters. The third-order valence-electron chi connectivity index (χ3n) is 3.14. The lowest BCUT2D eigenvalue weighted by atomic mass is 10.2. The second kappa shape index (κ2) is 4.82. The van der Waals surface area contributed by atoms with Crippen molar-refractivity contribution in [2.75, 3.05) is 0 Å². The minimum absolute atomic E-state index is 0.357. The second-order valence-corrected chi connectivity index (χ2v) is 5.78. The van der Waals surface area contributed by atoms with Gasteiger partial charge in [-0.2, -0.15) is 0 Å². The molecule has 96 valence electrons. The van der Waals surface area contributed by atoms with Gasteiger partial charge in [0.15, 0.2) is 0 Å². The van der Waals surface area contributed by atoms with Gasteiger partial charge in [-0.15, -0.1) is 11.3 Å². The molecule has 2 heterocycles. The molecule has 0 bridgehead atoms. The number of nitrogens with one attached hydrogen (secondary N) is 1. The largest absolute Gasteiger partial charge is 0.445 e. The first-order chi connectivity index (χ1) is 8.72. The Bertz CT molecular complexity index is 530. The third-order valence-corrected chi connectivity index (χ3v) is 4.18. The summed E-state index contributed by atoms with van der Waals surface area (Å²) in [5.41, 5.74) is 1.11. The predicted octanol–water partition coefficient (Wildman–Crippen LogP) is 2.99. The van der Waals surface area contributed by atoms with Crippen LogP contribution in [0.3, 0.4) is 0 Å². The van der Waals surface area contributed by atoms with Crippen LogP contribution in [-0.2, 0) is 6.54 Å². The smallest absolute Gasteiger partial charge is 0.208 e. The minimum Gasteiger partial charge on any atom is -0.445 e. The molecule has 0 amide bonds. The number of thiazole rings is 1. The molecular formula is C13H17N3OS. The van der Waals surface area contributed by atoms with E-state index in [2.05, 4.69) is 20.7 Å². The van der Waals surface area contributed by atoms with Crippen LogP contribution in [0.5, 0.6) is 0 Å². The molecule has 0 unspecified atom stereocenters. The maximum atomic E-state index is 5.48. The van der Waals surface area contributed by atoms with Gasteiger partial charge in [0, 0.05) is 11.1 Å². The van der Waals surface area contributed by atoms with E-state index in [1.165, 1.54) is 17.8 Å². The van der Waals surface area contributed by atoms with E-state index in [9.17, 15) is 0 Å². The topological polar surface area (TPSA) is 51.0 Å². The highest BCUT2D eigenvalue weighted by Gasteiger charge is 2.33. The van der Waals surface area contributed by atoms with E-state index >= 15 is 0 Å². The van der Waals surface area contributed by atoms with Crippen LogP contribution >= 0.6 is 11.3 Å². The van der Waals surface area contributed by atoms with Gasteiger partial charge in [0.1, 0.15) is 10.8 Å². The summed E-state index contributed by atoms with van der Waals surface area (Å²) in [6, 6.07) is 0.357. The molecule has 0 aliphatic heterocycles. The molecule has 1 N–H and O–H groups in total. The molecule has 1 saturated carbocycles. The standard InChI is InChI=1S/C13H17N3OS/c1-8-7-18-13(16-8)12(10-3-4-10)15-6-11-14-5-9(2)17-11/h5,7,10,12,15H,3-4,6H2,1-2H3/t12-/m1/s1. The number of aromatic nitrogens is 2. The maximum absolute atomic E-state index is 5.48. The van der Waals surface area contributed by atoms with Gasteiger partial charge in [0.25, 0.3) is 0 Å². The summed E-state index contributed by atoms with van der Waals surface area (Å²) in [7, 11) is 0. The Hall–Kier alpha value is -1.20. The molecule has 0 saturated heterocycles. The molecule has 1 fully saturated rings. The highest BCUT2D eigenvalue weighted by atomic mass is 32.1. The van der Waals surface area contributed by atoms with Crippen molar-refractivity contribution in [2.24, 2.45) is 5.92 Å². The van der Waals surface area contributed by atoms with Crippen molar-refractivity contribution >= 4 is 11.3 Å². The van der Waals surface area contributed by atoms with Crippen molar-refractivity contribution in [3.63, 3.8) is 0 Å². The third kappa shape index (κ3) is 2.62. The van der Waals surface area contributed by atoms with Gasteiger partial charge < -0.3 is 4.42 Å². The van der Waals surface area contributed by atoms with Crippen molar-refractivity contribution in [2.45, 2.75) is 39.3 Å². The number of rotatable bonds is 5. The van der Waals surface area contributed by atoms with Gasteiger partial charge in [0.2, 0.25) is 5.89 Å². The quantitative estimate of drug-likeness (QED) is 0.901. The van der Waals surface area contributed by atoms with Crippen molar-refractivity contribution in [1.82, 2.24) is 15.3 Å². The average Bonchev–Trinajstić information content (AvgIpc) is 2.96. The fraction of sp³-hybridized carbons (Fsp3) is 0.538. The van der Waals surface area contributed by atoms with Crippen molar-refractivity contribution in [3.8, 4) is 0 Å². The van der Waals surface area contributed by atoms with E-state index in [1.54, 1.807) is 17.5 Å². The van der Waals surface area contributed by atoms with Crippen LogP contribution < -0.4 is 5.32 Å². The average molecular weight is 263 g/mol. The predicted molar refractivity (Wildman–Crippen MR) is 70.4 cm³/mol. The molecule has 1 aliphatic carbocycles. The van der Waals surface area contributed by atoms with E-state index in [4.69, 9.17) is 4.42 Å². The SMILES string of the molecule is Cc1csc([C@H](NCc2ncc(C)o2)C2CC2)n1. The van der Waals surface area contributed by atoms with Crippen LogP contribution in [0.15, 0.2) is 16.0 Å². The first-order valence-electron chi connectivity index (χ1n) is 6.29. The van der Waals surface area contributed by atoms with Crippen LogP contribution in [0.4, 0.5) is 0 Å². The minimum atomic E-state index is 0.357. The summed E-state index contributed by atoms with van der Waals surface area (Å²) in [6.07, 6.45) is 4.35. The monoisotopic (exact) mass is 263 g/mol. The van der Waals surface area contributed by atoms with Crippen LogP contribution in [0.1, 0.15) is 41.2 Å². The fourth-order valence-corrected chi connectivity index (χ4v) is 3.04. The Morgan fingerprint density at radius 3 is 2.89 bits per heavy atom. The van der Waals surface area contributed by atoms with Crippen molar-refractivity contribution in [3.05, 3.63) is 33.9 Å². The normalized spacial score (nSPS) is 17.0. The van der Waals surface area contributed by atoms with E-state index < -0.39 is 0 Å². The highest BCUT2D eigenvalue weighted by Crippen LogP contribution is 2.41. The molecule has 2 aromatic heterocycles. The highest BCUT2D eigenvalue weighted by molar-refractivity contribution is 7.09. The van der Waals surface area contributed by atoms with Crippen LogP contribution in [-0.4, -0.2) is 9.97 Å². The van der Waals surface area contributed by atoms with Gasteiger partial charge >= 0.3 is 0 Å². The molecule has 5 heteroatoms. The van der Waals surface area contributed by atoms with Crippen LogP contribution in [0.25, 0.3) is 0 Å². The van der Waals surface area contributed by atoms with Gasteiger partial charge in [0.05, 0.1) is 18.8 Å². The van der Waals surface area contributed by atoms with Gasteiger partial charge in [-0.1, -0.05) is 0 Å². The summed E-state index contributed by atoms with van der Waals surface area (Å²) in [6.45, 7) is 4.63. The molecule has 0 radical (unpaired) electrons. The summed E-state index contributed by atoms with van der Waals surface area (Å²) >= 11 is 1.74. The molecule has 4 nitrogen and oxygen atoms in total. The first-order valence-corrected chi connectivity index (χ1v) is 7.17. The van der Waals surface area contributed by atoms with Gasteiger partial charge in [-0.05, 0) is 32.6 Å². The van der Waals surface area contributed by atoms with Crippen LogP contribution in [0.2, 0.25) is 0 Å². The number of aryl methyl sites for hydroxylation is 2. The Morgan fingerprint density at radius 2 is 2.33 bits per heavy atom. The summed E-state index contributed by atoms with van der Waals surface area (Å²) < 4.78 is 5.48. The van der Waals surface area contributed by atoms with Crippen molar-refractivity contribution in [1.29, 1.82) is 0 Å². The fourth-order valence-electron chi connectivity index (χ4n) is 2.08. The Labute approximate surface area is 110 Å². The maximum Gasteiger partial charge on any atom is 0.208 e. The lowest BCUT2D eigenvalue weighted by molar-refractivity contribution is 0.406. The molecule has 18 heavy (non-hydrogen) atoms. The molecule has 0 aromatic carbocycles. The summed E-state index contributed by atoms with van der Waals surface area (Å²) in [5, 5.41) is 6.84. The van der Waals surface area contributed by atoms with E-state index in [-0.39, 0.29) is 0 Å². The zero-order chi connectivity index (χ0) is 12.5. The van der Waals surface area contributed by atoms with Crippen molar-refractivity contribution < 1.29 is 4.42 Å². The number of nitrogens with zero attached hydrogens (tertiary/aromatic N) is 2. The lowest BCUT2D eigenvalue weighted by Gasteiger charge is -2.14. The zero-order valence-electron chi connectivity index (χ0n) is 10.6. The molecular weight excluding hydrogens is 246 g/mol. The molecule has 2 aromatic rings. The van der Waals surface area contributed by atoms with Crippen LogP contribution in [0, 0.1) is 19.8 Å². The number of oxazole rings is 1. The van der Waals surface area contributed by atoms with E-state index in [0.717, 1.165) is 23.3 Å². The Kier molecular flexibility index (Phi) is 3.18. The Balaban J connectivity index is 1.67. The summed E-state index contributed by atoms with van der Waals surface area (Å²) in [5.74, 6) is 2.35. The zero-order valence-corrected chi connectivity index (χ0v) is 11.5. The lowest BCUT2D eigenvalue weighted by Crippen LogP contribution is -2.22. The molecule has 1 aliphatic rings.